The average Bonchev–Trinajstić information content (AvgIpc) is 2.99. The molecule has 33 heavy (non-hydrogen) atoms. The molecule has 3 aromatic carbocycles. The number of benzene rings is 3. The first-order valence-electron chi connectivity index (χ1n) is 11.3. The van der Waals surface area contributed by atoms with Crippen LogP contribution >= 0.6 is 0 Å². The summed E-state index contributed by atoms with van der Waals surface area (Å²) < 4.78 is 5.41. The zero-order valence-corrected chi connectivity index (χ0v) is 19.2. The van der Waals surface area contributed by atoms with Gasteiger partial charge in [-0.25, -0.2) is 0 Å². The molecule has 0 bridgehead atoms. The number of hydrogen-bond acceptors (Lipinski definition) is 3. The van der Waals surface area contributed by atoms with E-state index in [0.29, 0.717) is 31.8 Å². The van der Waals surface area contributed by atoms with Gasteiger partial charge >= 0.3 is 0 Å². The number of carbonyl (C=O) groups is 2. The molecule has 0 aromatic heterocycles. The average molecular weight is 443 g/mol. The highest BCUT2D eigenvalue weighted by molar-refractivity contribution is 5.83. The number of rotatable bonds is 6. The lowest BCUT2D eigenvalue weighted by molar-refractivity contribution is -0.133. The summed E-state index contributed by atoms with van der Waals surface area (Å²) in [6.07, 6.45) is 0.849. The fourth-order valence-electron chi connectivity index (χ4n) is 4.49. The SMILES string of the molecule is COc1ccccc1CC(=O)N1CCN(C)C(=O)[C@@H](Cc2ccccc2-c2ccccc2)C1. The molecule has 1 fully saturated rings. The van der Waals surface area contributed by atoms with E-state index in [-0.39, 0.29) is 24.2 Å². The van der Waals surface area contributed by atoms with Crippen LogP contribution in [-0.2, 0) is 22.4 Å². The Bertz CT molecular complexity index is 1110. The maximum atomic E-state index is 13.2. The van der Waals surface area contributed by atoms with E-state index in [9.17, 15) is 9.59 Å². The second-order valence-electron chi connectivity index (χ2n) is 8.51. The molecule has 1 aliphatic heterocycles. The molecule has 4 rings (SSSR count). The van der Waals surface area contributed by atoms with E-state index in [1.807, 2.05) is 66.5 Å². The molecule has 0 saturated carbocycles. The molecular formula is C28H30N2O3. The minimum atomic E-state index is -0.288. The Morgan fingerprint density at radius 3 is 2.33 bits per heavy atom. The Labute approximate surface area is 195 Å². The van der Waals surface area contributed by atoms with E-state index in [4.69, 9.17) is 4.74 Å². The molecule has 1 aliphatic rings. The molecule has 1 saturated heterocycles. The van der Waals surface area contributed by atoms with Gasteiger partial charge in [0.2, 0.25) is 11.8 Å². The molecule has 0 radical (unpaired) electrons. The van der Waals surface area contributed by atoms with Crippen molar-refractivity contribution in [2.24, 2.45) is 5.92 Å². The van der Waals surface area contributed by atoms with Gasteiger partial charge in [0.1, 0.15) is 5.75 Å². The van der Waals surface area contributed by atoms with E-state index in [0.717, 1.165) is 22.3 Å². The van der Waals surface area contributed by atoms with Gasteiger partial charge in [-0.2, -0.15) is 0 Å². The zero-order chi connectivity index (χ0) is 23.2. The van der Waals surface area contributed by atoms with Crippen LogP contribution in [-0.4, -0.2) is 55.4 Å². The zero-order valence-electron chi connectivity index (χ0n) is 19.2. The van der Waals surface area contributed by atoms with Crippen LogP contribution in [0.3, 0.4) is 0 Å². The van der Waals surface area contributed by atoms with Crippen LogP contribution in [0.1, 0.15) is 11.1 Å². The third-order valence-corrected chi connectivity index (χ3v) is 6.33. The van der Waals surface area contributed by atoms with Gasteiger partial charge in [-0.3, -0.25) is 9.59 Å². The van der Waals surface area contributed by atoms with Crippen LogP contribution in [0.25, 0.3) is 11.1 Å². The fraction of sp³-hybridized carbons (Fsp3) is 0.286. The molecule has 0 spiro atoms. The molecule has 1 atom stereocenters. The maximum absolute atomic E-state index is 13.2. The van der Waals surface area contributed by atoms with Crippen molar-refractivity contribution in [2.45, 2.75) is 12.8 Å². The largest absolute Gasteiger partial charge is 0.496 e. The Morgan fingerprint density at radius 2 is 1.58 bits per heavy atom. The minimum Gasteiger partial charge on any atom is -0.496 e. The Morgan fingerprint density at radius 1 is 0.909 bits per heavy atom. The quantitative estimate of drug-likeness (QED) is 0.578. The van der Waals surface area contributed by atoms with Crippen LogP contribution < -0.4 is 4.74 Å². The number of para-hydroxylation sites is 1. The summed E-state index contributed by atoms with van der Waals surface area (Å²) in [4.78, 5) is 30.0. The summed E-state index contributed by atoms with van der Waals surface area (Å²) in [5.74, 6) is 0.528. The first-order chi connectivity index (χ1) is 16.1. The van der Waals surface area contributed by atoms with Crippen LogP contribution in [0.4, 0.5) is 0 Å². The van der Waals surface area contributed by atoms with Crippen LogP contribution in [0.5, 0.6) is 5.75 Å². The van der Waals surface area contributed by atoms with Gasteiger partial charge in [-0.15, -0.1) is 0 Å². The van der Waals surface area contributed by atoms with Crippen molar-refractivity contribution in [3.8, 4) is 16.9 Å². The molecule has 170 valence electrons. The summed E-state index contributed by atoms with van der Waals surface area (Å²) >= 11 is 0. The number of carbonyl (C=O) groups excluding carboxylic acids is 2. The monoisotopic (exact) mass is 442 g/mol. The smallest absolute Gasteiger partial charge is 0.227 e. The third kappa shape index (κ3) is 5.25. The molecule has 0 aliphatic carbocycles. The Kier molecular flexibility index (Phi) is 7.08. The van der Waals surface area contributed by atoms with Gasteiger partial charge in [-0.05, 0) is 29.2 Å². The van der Waals surface area contributed by atoms with Gasteiger partial charge in [0.15, 0.2) is 0 Å². The van der Waals surface area contributed by atoms with Crippen LogP contribution in [0, 0.1) is 5.92 Å². The first kappa shape index (κ1) is 22.6. The van der Waals surface area contributed by atoms with Gasteiger partial charge in [0.05, 0.1) is 19.4 Å². The first-order valence-corrected chi connectivity index (χ1v) is 11.3. The second kappa shape index (κ2) is 10.3. The molecule has 2 amide bonds. The van der Waals surface area contributed by atoms with Gasteiger partial charge in [0, 0.05) is 32.2 Å². The summed E-state index contributed by atoms with van der Waals surface area (Å²) in [5, 5.41) is 0. The van der Waals surface area contributed by atoms with Crippen molar-refractivity contribution in [1.29, 1.82) is 0 Å². The summed E-state index contributed by atoms with van der Waals surface area (Å²) in [5.41, 5.74) is 4.24. The highest BCUT2D eigenvalue weighted by atomic mass is 16.5. The lowest BCUT2D eigenvalue weighted by atomic mass is 9.91. The Hall–Kier alpha value is -3.60. The molecule has 5 heteroatoms. The van der Waals surface area contributed by atoms with E-state index in [2.05, 4.69) is 24.3 Å². The molecule has 5 nitrogen and oxygen atoms in total. The molecule has 1 heterocycles. The van der Waals surface area contributed by atoms with Crippen molar-refractivity contribution in [1.82, 2.24) is 9.80 Å². The van der Waals surface area contributed by atoms with E-state index in [1.165, 1.54) is 0 Å². The van der Waals surface area contributed by atoms with E-state index >= 15 is 0 Å². The topological polar surface area (TPSA) is 49.9 Å². The highest BCUT2D eigenvalue weighted by Gasteiger charge is 2.31. The molecule has 0 N–H and O–H groups in total. The second-order valence-corrected chi connectivity index (χ2v) is 8.51. The summed E-state index contributed by atoms with van der Waals surface area (Å²) in [6.45, 7) is 1.49. The van der Waals surface area contributed by atoms with Gasteiger partial charge in [-0.1, -0.05) is 72.8 Å². The maximum Gasteiger partial charge on any atom is 0.227 e. The molecular weight excluding hydrogens is 412 g/mol. The summed E-state index contributed by atoms with van der Waals surface area (Å²) in [7, 11) is 3.44. The molecule has 0 unspecified atom stereocenters. The van der Waals surface area contributed by atoms with Crippen molar-refractivity contribution in [3.05, 3.63) is 90.0 Å². The lowest BCUT2D eigenvalue weighted by Gasteiger charge is -2.24. The van der Waals surface area contributed by atoms with Crippen LogP contribution in [0.2, 0.25) is 0 Å². The Balaban J connectivity index is 1.56. The van der Waals surface area contributed by atoms with E-state index < -0.39 is 0 Å². The van der Waals surface area contributed by atoms with Crippen molar-refractivity contribution < 1.29 is 14.3 Å². The van der Waals surface area contributed by atoms with Crippen molar-refractivity contribution >= 4 is 11.8 Å². The third-order valence-electron chi connectivity index (χ3n) is 6.33. The predicted octanol–water partition coefficient (Wildman–Crippen LogP) is 4.06. The van der Waals surface area contributed by atoms with Crippen molar-refractivity contribution in [2.75, 3.05) is 33.8 Å². The molecule has 3 aromatic rings. The van der Waals surface area contributed by atoms with Gasteiger partial charge in [0.25, 0.3) is 0 Å². The van der Waals surface area contributed by atoms with Crippen molar-refractivity contribution in [3.63, 3.8) is 0 Å². The van der Waals surface area contributed by atoms with Crippen LogP contribution in [0.15, 0.2) is 78.9 Å². The standard InChI is InChI=1S/C28H30N2O3/c1-29-16-17-30(27(31)19-23-13-7-9-15-26(23)33-2)20-24(28(29)32)18-22-12-6-8-14-25(22)21-10-4-3-5-11-21/h3-15,24H,16-20H2,1-2H3/t24-/m0/s1. The minimum absolute atomic E-state index is 0.0175. The number of nitrogens with zero attached hydrogens (tertiary/aromatic N) is 2. The number of ether oxygens (including phenoxy) is 1. The lowest BCUT2D eigenvalue weighted by Crippen LogP contribution is -2.38. The fourth-order valence-corrected chi connectivity index (χ4v) is 4.49. The highest BCUT2D eigenvalue weighted by Crippen LogP contribution is 2.27. The predicted molar refractivity (Wildman–Crippen MR) is 130 cm³/mol. The number of likely N-dealkylation sites (N-methyl/N-ethyl adjacent to an activating group) is 1. The number of hydrogen-bond donors (Lipinski definition) is 0. The number of methoxy groups -OCH3 is 1. The van der Waals surface area contributed by atoms with E-state index in [1.54, 1.807) is 12.0 Å². The van der Waals surface area contributed by atoms with Gasteiger partial charge < -0.3 is 14.5 Å². The summed E-state index contributed by atoms with van der Waals surface area (Å²) in [6, 6.07) is 26.0. The normalized spacial score (nSPS) is 16.4. The number of amides is 2.